The normalized spacial score (nSPS) is 13.1. The Morgan fingerprint density at radius 1 is 1.00 bits per heavy atom. The lowest BCUT2D eigenvalue weighted by molar-refractivity contribution is -0.128. The van der Waals surface area contributed by atoms with Crippen LogP contribution in [0.1, 0.15) is 25.8 Å². The van der Waals surface area contributed by atoms with Gasteiger partial charge < -0.3 is 16.8 Å². The highest BCUT2D eigenvalue weighted by atomic mass is 32.2. The lowest BCUT2D eigenvalue weighted by atomic mass is 10.0. The highest BCUT2D eigenvalue weighted by Gasteiger charge is 2.22. The monoisotopic (exact) mass is 469 g/mol. The zero-order chi connectivity index (χ0) is 24.1. The van der Waals surface area contributed by atoms with Gasteiger partial charge in [-0.15, -0.1) is 0 Å². The van der Waals surface area contributed by atoms with Gasteiger partial charge in [0.15, 0.2) is 0 Å². The van der Waals surface area contributed by atoms with E-state index in [1.165, 1.54) is 0 Å². The third-order valence-electron chi connectivity index (χ3n) is 3.00. The fourth-order valence-electron chi connectivity index (χ4n) is 1.96. The Morgan fingerprint density at radius 3 is 1.73 bits per heavy atom. The summed E-state index contributed by atoms with van der Waals surface area (Å²) in [5, 5.41) is 2.63. The third-order valence-corrected chi connectivity index (χ3v) is 3.00. The summed E-state index contributed by atoms with van der Waals surface area (Å²) in [7, 11) is -7.33. The van der Waals surface area contributed by atoms with Crippen molar-refractivity contribution in [2.45, 2.75) is 38.8 Å². The number of rotatable bonds is 7. The quantitative estimate of drug-likeness (QED) is 0.328. The van der Waals surface area contributed by atoms with Crippen molar-refractivity contribution >= 4 is 32.1 Å². The van der Waals surface area contributed by atoms with Crippen LogP contribution in [-0.4, -0.2) is 62.4 Å². The molecule has 0 radical (unpaired) electrons. The largest absolute Gasteiger partial charge is 0.368 e. The van der Waals surface area contributed by atoms with Gasteiger partial charge in [-0.25, -0.2) is 0 Å². The molecule has 0 unspecified atom stereocenters. The van der Waals surface area contributed by atoms with Gasteiger partial charge in [0.25, 0.3) is 20.2 Å². The van der Waals surface area contributed by atoms with Crippen LogP contribution in [0.4, 0.5) is 0 Å². The first-order valence-electron chi connectivity index (χ1n) is 8.64. The Bertz CT molecular complexity index is 810. The van der Waals surface area contributed by atoms with Gasteiger partial charge in [-0.1, -0.05) is 44.2 Å². The molecule has 2 atom stereocenters. The summed E-state index contributed by atoms with van der Waals surface area (Å²) in [6.07, 6.45) is 2.37. The minimum absolute atomic E-state index is 0.262. The van der Waals surface area contributed by atoms with Crippen molar-refractivity contribution in [2.75, 3.05) is 12.5 Å². The molecule has 1 aromatic carbocycles. The zero-order valence-corrected chi connectivity index (χ0v) is 19.0. The summed E-state index contributed by atoms with van der Waals surface area (Å²) in [5.74, 6) is -0.615. The highest BCUT2D eigenvalue weighted by molar-refractivity contribution is 7.85. The molecule has 0 aliphatic carbocycles. The van der Waals surface area contributed by atoms with Crippen LogP contribution in [0, 0.1) is 5.92 Å². The molecule has 0 bridgehead atoms. The molecule has 30 heavy (non-hydrogen) atoms. The van der Waals surface area contributed by atoms with Gasteiger partial charge in [0.05, 0.1) is 18.6 Å². The van der Waals surface area contributed by atoms with Gasteiger partial charge in [0.1, 0.15) is 6.04 Å². The van der Waals surface area contributed by atoms with Crippen molar-refractivity contribution in [2.24, 2.45) is 17.4 Å². The average Bonchev–Trinajstić information content (AvgIpc) is 2.51. The Hall–Kier alpha value is -2.06. The van der Waals surface area contributed by atoms with Gasteiger partial charge >= 0.3 is 0 Å². The SMILES string of the molecule is CC(C)C[C@@H](NC(=O)[C@H](N)Cc1ccccc1)C(N)=O.CS(=O)(=O)O.CS(=O)(=O)O. The molecule has 0 aliphatic rings. The van der Waals surface area contributed by atoms with Crippen LogP contribution in [0.3, 0.4) is 0 Å². The molecule has 174 valence electrons. The van der Waals surface area contributed by atoms with Crippen LogP contribution in [0.5, 0.6) is 0 Å². The number of primary amides is 1. The average molecular weight is 470 g/mol. The maximum absolute atomic E-state index is 12.0. The number of nitrogens with one attached hydrogen (secondary N) is 1. The third kappa shape index (κ3) is 24.0. The van der Waals surface area contributed by atoms with Crippen molar-refractivity contribution in [3.05, 3.63) is 35.9 Å². The molecule has 7 N–H and O–H groups in total. The van der Waals surface area contributed by atoms with E-state index in [0.29, 0.717) is 25.4 Å². The molecule has 0 aromatic heterocycles. The van der Waals surface area contributed by atoms with E-state index >= 15 is 0 Å². The Morgan fingerprint density at radius 2 is 1.40 bits per heavy atom. The van der Waals surface area contributed by atoms with Crippen LogP contribution in [0.15, 0.2) is 30.3 Å². The zero-order valence-electron chi connectivity index (χ0n) is 17.3. The van der Waals surface area contributed by atoms with Crippen molar-refractivity contribution in [3.63, 3.8) is 0 Å². The maximum Gasteiger partial charge on any atom is 0.261 e. The molecule has 0 aliphatic heterocycles. The number of nitrogens with two attached hydrogens (primary N) is 2. The predicted octanol–water partition coefficient (Wildman–Crippen LogP) is -0.419. The smallest absolute Gasteiger partial charge is 0.261 e. The van der Waals surface area contributed by atoms with Crippen LogP contribution in [0.2, 0.25) is 0 Å². The van der Waals surface area contributed by atoms with Gasteiger partial charge in [-0.05, 0) is 24.3 Å². The molecule has 1 aromatic rings. The standard InChI is InChI=1S/C15H23N3O2.2CH4O3S/c1-10(2)8-13(14(17)19)18-15(20)12(16)9-11-6-4-3-5-7-11;2*1-5(2,3)4/h3-7,10,12-13H,8-9,16H2,1-2H3,(H2,17,19)(H,18,20);2*1H3,(H,2,3,4)/t12-,13-;;/m1../s1. The first kappa shape index (κ1) is 30.1. The summed E-state index contributed by atoms with van der Waals surface area (Å²) in [4.78, 5) is 23.3. The van der Waals surface area contributed by atoms with E-state index in [-0.39, 0.29) is 11.8 Å². The molecule has 1 rings (SSSR count). The second kappa shape index (κ2) is 14.0. The predicted molar refractivity (Wildman–Crippen MR) is 114 cm³/mol. The minimum Gasteiger partial charge on any atom is -0.368 e. The van der Waals surface area contributed by atoms with Gasteiger partial charge in [0, 0.05) is 0 Å². The lowest BCUT2D eigenvalue weighted by Gasteiger charge is -2.20. The second-order valence-electron chi connectivity index (χ2n) is 6.86. The number of amides is 2. The maximum atomic E-state index is 12.0. The van der Waals surface area contributed by atoms with Gasteiger partial charge in [0.2, 0.25) is 11.8 Å². The molecule has 11 nitrogen and oxygen atoms in total. The minimum atomic E-state index is -3.67. The highest BCUT2D eigenvalue weighted by Crippen LogP contribution is 2.06. The van der Waals surface area contributed by atoms with Gasteiger partial charge in [-0.2, -0.15) is 16.8 Å². The molecule has 0 fully saturated rings. The number of benzene rings is 1. The second-order valence-corrected chi connectivity index (χ2v) is 9.79. The van der Waals surface area contributed by atoms with E-state index in [1.807, 2.05) is 44.2 Å². The van der Waals surface area contributed by atoms with Crippen molar-refractivity contribution in [1.29, 1.82) is 0 Å². The molecule has 2 amide bonds. The molecular formula is C17H31N3O8S2. The summed E-state index contributed by atoms with van der Waals surface area (Å²) in [6, 6.07) is 8.16. The molecule has 0 spiro atoms. The fourth-order valence-corrected chi connectivity index (χ4v) is 1.96. The van der Waals surface area contributed by atoms with Crippen molar-refractivity contribution in [1.82, 2.24) is 5.32 Å². The molecule has 13 heteroatoms. The molecular weight excluding hydrogens is 438 g/mol. The van der Waals surface area contributed by atoms with Crippen LogP contribution in [-0.2, 0) is 36.2 Å². The van der Waals surface area contributed by atoms with E-state index in [0.717, 1.165) is 5.56 Å². The number of hydrogen-bond donors (Lipinski definition) is 5. The van der Waals surface area contributed by atoms with Crippen molar-refractivity contribution in [3.8, 4) is 0 Å². The summed E-state index contributed by atoms with van der Waals surface area (Å²) in [6.45, 7) is 3.93. The topological polar surface area (TPSA) is 207 Å². The number of carbonyl (C=O) groups is 2. The van der Waals surface area contributed by atoms with E-state index in [4.69, 9.17) is 20.6 Å². The fraction of sp³-hybridized carbons (Fsp3) is 0.529. The summed E-state index contributed by atoms with van der Waals surface area (Å²) >= 11 is 0. The van der Waals surface area contributed by atoms with E-state index in [2.05, 4.69) is 5.32 Å². The van der Waals surface area contributed by atoms with E-state index < -0.39 is 38.2 Å². The number of carbonyl (C=O) groups excluding carboxylic acids is 2. The summed E-state index contributed by atoms with van der Waals surface area (Å²) < 4.78 is 51.7. The van der Waals surface area contributed by atoms with E-state index in [9.17, 15) is 26.4 Å². The molecule has 0 saturated carbocycles. The first-order chi connectivity index (χ1) is 13.4. The van der Waals surface area contributed by atoms with Crippen LogP contribution >= 0.6 is 0 Å². The Balaban J connectivity index is 0. The lowest BCUT2D eigenvalue weighted by Crippen LogP contribution is -2.51. The van der Waals surface area contributed by atoms with Gasteiger partial charge in [-0.3, -0.25) is 18.7 Å². The first-order valence-corrected chi connectivity index (χ1v) is 12.3. The molecule has 0 saturated heterocycles. The van der Waals surface area contributed by atoms with Crippen LogP contribution < -0.4 is 16.8 Å². The van der Waals surface area contributed by atoms with Crippen LogP contribution in [0.25, 0.3) is 0 Å². The summed E-state index contributed by atoms with van der Waals surface area (Å²) in [5.41, 5.74) is 12.1. The Labute approximate surface area is 177 Å². The van der Waals surface area contributed by atoms with Crippen molar-refractivity contribution < 1.29 is 35.5 Å². The van der Waals surface area contributed by atoms with E-state index in [1.54, 1.807) is 0 Å². The Kier molecular flexibility index (Phi) is 14.1. The molecule has 0 heterocycles. The number of hydrogen-bond acceptors (Lipinski definition) is 7.